The van der Waals surface area contributed by atoms with Crippen molar-refractivity contribution in [2.24, 2.45) is 4.99 Å². The Bertz CT molecular complexity index is 245. The van der Waals surface area contributed by atoms with E-state index in [1.54, 1.807) is 11.8 Å². The monoisotopic (exact) mass is 256 g/mol. The molecule has 3 nitrogen and oxygen atoms in total. The van der Waals surface area contributed by atoms with Crippen LogP contribution in [0.15, 0.2) is 4.99 Å². The van der Waals surface area contributed by atoms with Crippen LogP contribution in [-0.2, 0) is 4.74 Å². The summed E-state index contributed by atoms with van der Waals surface area (Å²) in [6, 6.07) is 0.430. The van der Waals surface area contributed by atoms with Gasteiger partial charge in [0.1, 0.15) is 6.61 Å². The molecule has 0 spiro atoms. The van der Waals surface area contributed by atoms with Crippen molar-refractivity contribution in [1.82, 2.24) is 5.32 Å². The predicted octanol–water partition coefficient (Wildman–Crippen LogP) is 2.04. The van der Waals surface area contributed by atoms with Crippen LogP contribution in [0.3, 0.4) is 0 Å². The summed E-state index contributed by atoms with van der Waals surface area (Å²) in [5.74, 6) is 0.971. The Morgan fingerprint density at radius 2 is 2.31 bits per heavy atom. The molecular weight excluding hydrogens is 241 g/mol. The van der Waals surface area contributed by atoms with Crippen molar-refractivity contribution in [3.8, 4) is 0 Å². The first kappa shape index (κ1) is 13.6. The summed E-state index contributed by atoms with van der Waals surface area (Å²) >= 11 is 1.60. The van der Waals surface area contributed by atoms with Crippen LogP contribution in [0.4, 0.5) is 13.2 Å². The third-order valence-electron chi connectivity index (χ3n) is 2.00. The van der Waals surface area contributed by atoms with Crippen molar-refractivity contribution < 1.29 is 17.9 Å². The lowest BCUT2D eigenvalue weighted by Gasteiger charge is -2.06. The number of nitrogens with zero attached hydrogens (tertiary/aromatic N) is 1. The standard InChI is InChI=1S/C9H15F3N2OS/c1-2-7-5-16-8(14-7)13-3-4-15-6-9(10,11)12/h7H,2-6H2,1H3,(H,13,14). The number of ether oxygens (including phenoxy) is 1. The minimum atomic E-state index is -4.25. The second kappa shape index (κ2) is 6.34. The van der Waals surface area contributed by atoms with Crippen LogP contribution in [-0.4, -0.2) is 42.9 Å². The fourth-order valence-corrected chi connectivity index (χ4v) is 2.26. The lowest BCUT2D eigenvalue weighted by molar-refractivity contribution is -0.173. The predicted molar refractivity (Wildman–Crippen MR) is 58.8 cm³/mol. The van der Waals surface area contributed by atoms with Gasteiger partial charge in [0.15, 0.2) is 5.17 Å². The Morgan fingerprint density at radius 3 is 2.88 bits per heavy atom. The van der Waals surface area contributed by atoms with Gasteiger partial charge in [-0.2, -0.15) is 13.2 Å². The molecule has 1 unspecified atom stereocenters. The maximum Gasteiger partial charge on any atom is 0.411 e. The van der Waals surface area contributed by atoms with Gasteiger partial charge in [-0.1, -0.05) is 18.7 Å². The summed E-state index contributed by atoms with van der Waals surface area (Å²) in [6.45, 7) is 1.15. The van der Waals surface area contributed by atoms with Gasteiger partial charge < -0.3 is 10.1 Å². The fourth-order valence-electron chi connectivity index (χ4n) is 1.15. The molecule has 1 fully saturated rings. The largest absolute Gasteiger partial charge is 0.411 e. The van der Waals surface area contributed by atoms with Gasteiger partial charge in [0.05, 0.1) is 13.2 Å². The van der Waals surface area contributed by atoms with Gasteiger partial charge in [0.2, 0.25) is 0 Å². The Morgan fingerprint density at radius 1 is 1.56 bits per heavy atom. The molecule has 1 saturated heterocycles. The zero-order chi connectivity index (χ0) is 12.0. The molecule has 0 aromatic heterocycles. The van der Waals surface area contributed by atoms with Gasteiger partial charge in [-0.05, 0) is 6.42 Å². The van der Waals surface area contributed by atoms with Crippen molar-refractivity contribution in [2.75, 3.05) is 25.5 Å². The van der Waals surface area contributed by atoms with Crippen molar-refractivity contribution in [3.63, 3.8) is 0 Å². The van der Waals surface area contributed by atoms with Crippen LogP contribution in [0.25, 0.3) is 0 Å². The van der Waals surface area contributed by atoms with Crippen molar-refractivity contribution in [1.29, 1.82) is 0 Å². The number of rotatable bonds is 5. The van der Waals surface area contributed by atoms with Gasteiger partial charge in [-0.15, -0.1) is 0 Å². The molecule has 0 amide bonds. The highest BCUT2D eigenvalue weighted by Gasteiger charge is 2.27. The van der Waals surface area contributed by atoms with Crippen LogP contribution in [0.2, 0.25) is 0 Å². The van der Waals surface area contributed by atoms with E-state index in [0.29, 0.717) is 6.04 Å². The maximum atomic E-state index is 11.7. The fraction of sp³-hybridized carbons (Fsp3) is 0.889. The Kier molecular flexibility index (Phi) is 5.40. The third-order valence-corrected chi connectivity index (χ3v) is 3.09. The average molecular weight is 256 g/mol. The van der Waals surface area contributed by atoms with Crippen molar-refractivity contribution in [3.05, 3.63) is 0 Å². The van der Waals surface area contributed by atoms with Crippen molar-refractivity contribution >= 4 is 16.9 Å². The number of nitrogens with one attached hydrogen (secondary N) is 1. The Balaban J connectivity index is 2.09. The van der Waals surface area contributed by atoms with Crippen LogP contribution in [0.5, 0.6) is 0 Å². The maximum absolute atomic E-state index is 11.7. The molecule has 0 aliphatic carbocycles. The van der Waals surface area contributed by atoms with Crippen LogP contribution < -0.4 is 5.32 Å². The average Bonchev–Trinajstić information content (AvgIpc) is 2.63. The molecule has 1 rings (SSSR count). The Labute approximate surface area is 96.8 Å². The number of alkyl halides is 3. The molecule has 94 valence electrons. The zero-order valence-corrected chi connectivity index (χ0v) is 9.83. The second-order valence-electron chi connectivity index (χ2n) is 3.42. The molecule has 16 heavy (non-hydrogen) atoms. The zero-order valence-electron chi connectivity index (χ0n) is 9.01. The first-order chi connectivity index (χ1) is 7.51. The summed E-state index contributed by atoms with van der Waals surface area (Å²) in [6.07, 6.45) is -3.22. The van der Waals surface area contributed by atoms with Crippen LogP contribution in [0.1, 0.15) is 13.3 Å². The second-order valence-corrected chi connectivity index (χ2v) is 4.42. The normalized spacial score (nSPS) is 23.8. The molecule has 1 aliphatic rings. The molecule has 1 atom stereocenters. The molecule has 0 saturated carbocycles. The van der Waals surface area contributed by atoms with Gasteiger partial charge in [0.25, 0.3) is 0 Å². The summed E-state index contributed by atoms with van der Waals surface area (Å²) in [4.78, 5) is 4.12. The van der Waals surface area contributed by atoms with E-state index in [9.17, 15) is 13.2 Å². The molecule has 0 radical (unpaired) electrons. The minimum Gasteiger partial charge on any atom is -0.370 e. The first-order valence-corrected chi connectivity index (χ1v) is 6.08. The van der Waals surface area contributed by atoms with Gasteiger partial charge >= 0.3 is 6.18 Å². The van der Waals surface area contributed by atoms with E-state index in [4.69, 9.17) is 0 Å². The molecule has 1 heterocycles. The smallest absolute Gasteiger partial charge is 0.370 e. The minimum absolute atomic E-state index is 0.00203. The lowest BCUT2D eigenvalue weighted by Crippen LogP contribution is -2.26. The summed E-state index contributed by atoms with van der Waals surface area (Å²) in [7, 11) is 0. The van der Waals surface area contributed by atoms with E-state index in [1.807, 2.05) is 0 Å². The summed E-state index contributed by atoms with van der Waals surface area (Å²) < 4.78 is 39.6. The topological polar surface area (TPSA) is 33.6 Å². The summed E-state index contributed by atoms with van der Waals surface area (Å²) in [5.41, 5.74) is 0. The quantitative estimate of drug-likeness (QED) is 0.764. The van der Waals surface area contributed by atoms with E-state index < -0.39 is 12.8 Å². The SMILES string of the molecule is CCC1CSC(=NCCOCC(F)(F)F)N1. The van der Waals surface area contributed by atoms with Crippen LogP contribution in [0, 0.1) is 0 Å². The molecular formula is C9H15F3N2OS. The van der Waals surface area contributed by atoms with Crippen molar-refractivity contribution in [2.45, 2.75) is 25.6 Å². The Hall–Kier alpha value is -0.430. The number of amidine groups is 1. The highest BCUT2D eigenvalue weighted by atomic mass is 32.2. The van der Waals surface area contributed by atoms with E-state index in [-0.39, 0.29) is 13.2 Å². The van der Waals surface area contributed by atoms with Crippen LogP contribution >= 0.6 is 11.8 Å². The molecule has 7 heteroatoms. The molecule has 0 bridgehead atoms. The highest BCUT2D eigenvalue weighted by Crippen LogP contribution is 2.16. The number of aliphatic imine (C=N–C) groups is 1. The molecule has 1 N–H and O–H groups in total. The number of hydrogen-bond acceptors (Lipinski definition) is 3. The van der Waals surface area contributed by atoms with E-state index in [1.165, 1.54) is 0 Å². The number of hydrogen-bond donors (Lipinski definition) is 1. The first-order valence-electron chi connectivity index (χ1n) is 5.09. The van der Waals surface area contributed by atoms with E-state index >= 15 is 0 Å². The van der Waals surface area contributed by atoms with Gasteiger partial charge in [0, 0.05) is 11.8 Å². The molecule has 0 aromatic carbocycles. The van der Waals surface area contributed by atoms with Gasteiger partial charge in [-0.3, -0.25) is 4.99 Å². The lowest BCUT2D eigenvalue weighted by atomic mass is 10.3. The van der Waals surface area contributed by atoms with E-state index in [2.05, 4.69) is 22.0 Å². The van der Waals surface area contributed by atoms with Gasteiger partial charge in [-0.25, -0.2) is 0 Å². The number of thioether (sulfide) groups is 1. The third kappa shape index (κ3) is 5.60. The summed E-state index contributed by atoms with van der Waals surface area (Å²) in [5, 5.41) is 3.99. The highest BCUT2D eigenvalue weighted by molar-refractivity contribution is 8.14. The van der Waals surface area contributed by atoms with E-state index in [0.717, 1.165) is 17.3 Å². The molecule has 1 aliphatic heterocycles. The number of halogens is 3. The molecule has 0 aromatic rings.